The highest BCUT2D eigenvalue weighted by Crippen LogP contribution is 2.42. The van der Waals surface area contributed by atoms with E-state index in [1.807, 2.05) is 32.9 Å². The van der Waals surface area contributed by atoms with Crippen LogP contribution in [0.2, 0.25) is 0 Å². The number of allylic oxidation sites excluding steroid dienone is 4. The number of ether oxygens (including phenoxy) is 2. The Labute approximate surface area is 552 Å². The molecule has 0 bridgehead atoms. The molecule has 22 nitrogen and oxygen atoms in total. The number of rotatable bonds is 38. The lowest BCUT2D eigenvalue weighted by atomic mass is 9.73. The highest BCUT2D eigenvalue weighted by Gasteiger charge is 2.35. The van der Waals surface area contributed by atoms with Crippen LogP contribution >= 0.6 is 0 Å². The van der Waals surface area contributed by atoms with Crippen molar-refractivity contribution in [2.75, 3.05) is 13.2 Å². The molecule has 0 fully saturated rings. The van der Waals surface area contributed by atoms with Gasteiger partial charge in [-0.05, 0) is 79.0 Å². The van der Waals surface area contributed by atoms with Crippen molar-refractivity contribution in [3.05, 3.63) is 220 Å². The monoisotopic (exact) mass is 1310 g/mol. The molecular formula is C73H96N8O14. The molecule has 512 valence electrons. The first-order chi connectivity index (χ1) is 45.1. The molecule has 4 heterocycles. The van der Waals surface area contributed by atoms with Crippen LogP contribution in [0.4, 0.5) is 0 Å². The van der Waals surface area contributed by atoms with E-state index in [1.54, 1.807) is 18.2 Å². The molecule has 2 N–H and O–H groups in total. The lowest BCUT2D eigenvalue weighted by Gasteiger charge is -2.32. The second kappa shape index (κ2) is 31.7. The molecule has 0 spiro atoms. The maximum absolute atomic E-state index is 15.2. The first-order valence-electron chi connectivity index (χ1n) is 33.3. The number of aliphatic hydroxyl groups is 2. The second-order valence-electron chi connectivity index (χ2n) is 26.9. The Kier molecular flexibility index (Phi) is 24.5. The molecule has 0 radical (unpaired) electrons. The van der Waals surface area contributed by atoms with E-state index in [1.165, 1.54) is 47.1 Å². The Hall–Kier alpha value is -8.76. The summed E-state index contributed by atoms with van der Waals surface area (Å²) in [6.07, 6.45) is 14.8. The number of unbranched alkanes of at least 4 members (excludes halogenated alkanes) is 7. The largest absolute Gasteiger partial charge is 0.491 e. The van der Waals surface area contributed by atoms with E-state index in [0.29, 0.717) is 34.6 Å². The molecule has 7 aromatic rings. The molecule has 95 heavy (non-hydrogen) atoms. The summed E-state index contributed by atoms with van der Waals surface area (Å²) in [7, 11) is 0. The molecule has 0 saturated carbocycles. The standard InChI is InChI=1S/C73H96N8O14/c1-14-20-22-23-24-26-34-73(13,35-27-28-48(7)8)81-63(86)55-42-53-54(43-56(55)64(81)87)62(85)80(61(53)84)58-41-50(30-32-60(58)95-47-52(83)45-79-69(92)76(38-18-5)66(89)77(39-19-6)70(79)93)72(11,12)49-29-31-59(57(40-49)71(9,10)33-25-21-15-2)94-46-51(82)44-78-67(90)74(36-16-3)65(88)75(37-17-4)68(78)91/h16-19,29-32,40-43,48,51-52,82-83H,3-6,14-15,20-28,33-39,44-47H2,1-2,7-13H3. The lowest BCUT2D eigenvalue weighted by Crippen LogP contribution is -2.55. The summed E-state index contributed by atoms with van der Waals surface area (Å²) in [4.78, 5) is 140. The molecule has 0 saturated heterocycles. The smallest absolute Gasteiger partial charge is 0.336 e. The van der Waals surface area contributed by atoms with Crippen molar-refractivity contribution in [2.24, 2.45) is 5.92 Å². The van der Waals surface area contributed by atoms with Crippen LogP contribution in [0, 0.1) is 5.92 Å². The number of aliphatic hydroxyl groups excluding tert-OH is 2. The van der Waals surface area contributed by atoms with Gasteiger partial charge in [0.05, 0.1) is 66.5 Å². The fourth-order valence-corrected chi connectivity index (χ4v) is 12.8. The zero-order valence-corrected chi connectivity index (χ0v) is 56.9. The summed E-state index contributed by atoms with van der Waals surface area (Å²) in [6, 6.07) is 13.1. The minimum Gasteiger partial charge on any atom is -0.491 e. The van der Waals surface area contributed by atoms with Crippen LogP contribution < -0.4 is 65.8 Å². The van der Waals surface area contributed by atoms with Gasteiger partial charge < -0.3 is 19.7 Å². The van der Waals surface area contributed by atoms with Gasteiger partial charge in [0, 0.05) is 16.5 Å². The van der Waals surface area contributed by atoms with Gasteiger partial charge >= 0.3 is 34.1 Å². The summed E-state index contributed by atoms with van der Waals surface area (Å²) in [5, 5.41) is 22.9. The Morgan fingerprint density at radius 1 is 0.463 bits per heavy atom. The van der Waals surface area contributed by atoms with Crippen molar-refractivity contribution < 1.29 is 19.7 Å². The number of aromatic nitrogens is 8. The van der Waals surface area contributed by atoms with Gasteiger partial charge in [0.25, 0.3) is 22.2 Å². The molecular weight excluding hydrogens is 1210 g/mol. The molecule has 3 aromatic carbocycles. The SMILES string of the molecule is C=CCn1c(=O)n(CC=C)c(=O)n(CC(O)COc2ccc(C(C)(C)c3ccc(OCC(O)Cn4c(=O)n(CC=C)c(=O)n(CC=C)c4=O)c(C(C)(C)CCCCC)c3)cc2-n2c(=O)c3cc4c(=O)n(C(C)(CCCCCCCC)CCCC(C)C)c(=O)c4cc3c2=O)c1=O. The third-order valence-electron chi connectivity index (χ3n) is 18.4. The normalized spacial score (nSPS) is 13.3. The van der Waals surface area contributed by atoms with Gasteiger partial charge in [-0.1, -0.05) is 169 Å². The van der Waals surface area contributed by atoms with Crippen LogP contribution in [0.15, 0.2) is 147 Å². The first-order valence-corrected chi connectivity index (χ1v) is 33.3. The van der Waals surface area contributed by atoms with Crippen LogP contribution in [0.25, 0.3) is 27.2 Å². The third kappa shape index (κ3) is 15.8. The minimum atomic E-state index is -1.60. The fraction of sp³-hybridized carbons (Fsp3) is 0.507. The Balaban J connectivity index is 1.35. The summed E-state index contributed by atoms with van der Waals surface area (Å²) in [6.45, 7) is 30.1. The van der Waals surface area contributed by atoms with Crippen LogP contribution in [-0.2, 0) is 55.6 Å². The Morgan fingerprint density at radius 3 is 1.29 bits per heavy atom. The molecule has 3 atom stereocenters. The van der Waals surface area contributed by atoms with Crippen molar-refractivity contribution in [1.29, 1.82) is 0 Å². The maximum Gasteiger partial charge on any atom is 0.336 e. The highest BCUT2D eigenvalue weighted by molar-refractivity contribution is 5.98. The Morgan fingerprint density at radius 2 is 0.842 bits per heavy atom. The van der Waals surface area contributed by atoms with Gasteiger partial charge in [-0.3, -0.25) is 23.7 Å². The highest BCUT2D eigenvalue weighted by atomic mass is 16.5. The molecule has 7 rings (SSSR count). The minimum absolute atomic E-state index is 0.0116. The average molecular weight is 1310 g/mol. The quantitative estimate of drug-likeness (QED) is 0.0275. The van der Waals surface area contributed by atoms with Crippen LogP contribution in [0.1, 0.15) is 169 Å². The van der Waals surface area contributed by atoms with E-state index >= 15 is 9.59 Å². The van der Waals surface area contributed by atoms with Crippen LogP contribution in [-0.4, -0.2) is 72.2 Å². The van der Waals surface area contributed by atoms with Crippen molar-refractivity contribution in [1.82, 2.24) is 36.5 Å². The van der Waals surface area contributed by atoms with Gasteiger partial charge in [0.2, 0.25) is 0 Å². The first kappa shape index (κ1) is 73.6. The van der Waals surface area contributed by atoms with Crippen LogP contribution in [0.3, 0.4) is 0 Å². The van der Waals surface area contributed by atoms with Gasteiger partial charge in [0.15, 0.2) is 0 Å². The number of hydrogen-bond acceptors (Lipinski definition) is 14. The predicted molar refractivity (Wildman–Crippen MR) is 375 cm³/mol. The second-order valence-corrected chi connectivity index (χ2v) is 26.9. The van der Waals surface area contributed by atoms with Gasteiger partial charge in [0.1, 0.15) is 36.9 Å². The topological polar surface area (TPSA) is 269 Å². The van der Waals surface area contributed by atoms with Crippen LogP contribution in [0.5, 0.6) is 11.5 Å². The number of benzene rings is 3. The third-order valence-corrected chi connectivity index (χ3v) is 18.4. The zero-order valence-electron chi connectivity index (χ0n) is 56.9. The van der Waals surface area contributed by atoms with Crippen molar-refractivity contribution in [3.63, 3.8) is 0 Å². The molecule has 0 amide bonds. The molecule has 0 aliphatic rings. The summed E-state index contributed by atoms with van der Waals surface area (Å²) < 4.78 is 19.7. The summed E-state index contributed by atoms with van der Waals surface area (Å²) in [5.41, 5.74) is -8.66. The molecule has 0 aliphatic heterocycles. The fourth-order valence-electron chi connectivity index (χ4n) is 12.8. The molecule has 3 unspecified atom stereocenters. The lowest BCUT2D eigenvalue weighted by molar-refractivity contribution is 0.0877. The number of nitrogens with zero attached hydrogens (tertiary/aromatic N) is 8. The average Bonchev–Trinajstić information content (AvgIpc) is 1.60. The number of hydrogen-bond donors (Lipinski definition) is 2. The zero-order chi connectivity index (χ0) is 69.9. The van der Waals surface area contributed by atoms with Gasteiger partial charge in [-0.2, -0.15) is 0 Å². The number of fused-ring (bicyclic) bond motifs is 2. The maximum atomic E-state index is 15.2. The van der Waals surface area contributed by atoms with Crippen molar-refractivity contribution in [3.8, 4) is 17.2 Å². The summed E-state index contributed by atoms with van der Waals surface area (Å²) >= 11 is 0. The molecule has 22 heteroatoms. The van der Waals surface area contributed by atoms with E-state index in [9.17, 15) is 48.6 Å². The van der Waals surface area contributed by atoms with E-state index in [0.717, 1.165) is 116 Å². The van der Waals surface area contributed by atoms with E-state index < -0.39 is 105 Å². The van der Waals surface area contributed by atoms with E-state index in [4.69, 9.17) is 9.47 Å². The van der Waals surface area contributed by atoms with Gasteiger partial charge in [-0.15, -0.1) is 26.3 Å². The van der Waals surface area contributed by atoms with E-state index in [-0.39, 0.29) is 65.8 Å². The van der Waals surface area contributed by atoms with Gasteiger partial charge in [-0.25, -0.2) is 60.7 Å². The summed E-state index contributed by atoms with van der Waals surface area (Å²) in [5.74, 6) is 0.738. The van der Waals surface area contributed by atoms with Crippen molar-refractivity contribution >= 4 is 21.5 Å². The predicted octanol–water partition coefficient (Wildman–Crippen LogP) is 7.97. The van der Waals surface area contributed by atoms with Crippen molar-refractivity contribution in [2.45, 2.75) is 220 Å². The molecule has 4 aromatic heterocycles. The Bertz CT molecular complexity index is 4400. The molecule has 0 aliphatic carbocycles. The van der Waals surface area contributed by atoms with E-state index in [2.05, 4.69) is 67.9 Å².